The lowest BCUT2D eigenvalue weighted by Crippen LogP contribution is -2.04. The van der Waals surface area contributed by atoms with Crippen molar-refractivity contribution in [3.63, 3.8) is 0 Å². The topological polar surface area (TPSA) is 56.3 Å². The summed E-state index contributed by atoms with van der Waals surface area (Å²) in [6.45, 7) is 0. The molecule has 0 aliphatic carbocycles. The molecule has 0 aliphatic rings. The summed E-state index contributed by atoms with van der Waals surface area (Å²) in [6, 6.07) is 9.86. The molecule has 118 valence electrons. The Morgan fingerprint density at radius 1 is 1.17 bits per heavy atom. The summed E-state index contributed by atoms with van der Waals surface area (Å²) in [6.07, 6.45) is 1.18. The van der Waals surface area contributed by atoms with E-state index < -0.39 is 15.7 Å². The first-order valence-corrected chi connectivity index (χ1v) is 8.42. The standard InChI is InChI=1S/C16H11ClFNO3S/c1-22-11-3-2-4-12(8-11)23(20,21)15-9-19-14-6-5-10(18)7-13(14)16(15)17/h2-9H,1H3. The van der Waals surface area contributed by atoms with Crippen molar-refractivity contribution >= 4 is 32.3 Å². The fourth-order valence-electron chi connectivity index (χ4n) is 2.20. The number of halogens is 2. The third-order valence-corrected chi connectivity index (χ3v) is 5.66. The van der Waals surface area contributed by atoms with Gasteiger partial charge in [0.1, 0.15) is 16.5 Å². The predicted octanol–water partition coefficient (Wildman–Crippen LogP) is 3.87. The number of hydrogen-bond acceptors (Lipinski definition) is 4. The minimum Gasteiger partial charge on any atom is -0.497 e. The molecule has 0 radical (unpaired) electrons. The van der Waals surface area contributed by atoms with Crippen molar-refractivity contribution in [3.8, 4) is 5.75 Å². The highest BCUT2D eigenvalue weighted by molar-refractivity contribution is 7.91. The van der Waals surface area contributed by atoms with Crippen LogP contribution in [0.5, 0.6) is 5.75 Å². The van der Waals surface area contributed by atoms with E-state index in [9.17, 15) is 12.8 Å². The number of rotatable bonds is 3. The molecule has 0 aliphatic heterocycles. The van der Waals surface area contributed by atoms with Crippen LogP contribution >= 0.6 is 11.6 Å². The average Bonchev–Trinajstić information content (AvgIpc) is 2.55. The normalized spacial score (nSPS) is 11.6. The van der Waals surface area contributed by atoms with Crippen LogP contribution in [0.15, 0.2) is 58.5 Å². The lowest BCUT2D eigenvalue weighted by molar-refractivity contribution is 0.413. The highest BCUT2D eigenvalue weighted by Crippen LogP contribution is 2.33. The van der Waals surface area contributed by atoms with Crippen LogP contribution in [-0.4, -0.2) is 20.5 Å². The molecule has 0 fully saturated rings. The van der Waals surface area contributed by atoms with Crippen LogP contribution in [0.3, 0.4) is 0 Å². The van der Waals surface area contributed by atoms with Crippen molar-refractivity contribution in [2.45, 2.75) is 9.79 Å². The Hall–Kier alpha value is -2.18. The Labute approximate surface area is 137 Å². The number of fused-ring (bicyclic) bond motifs is 1. The number of aromatic nitrogens is 1. The molecule has 3 aromatic rings. The minimum absolute atomic E-state index is 0.0244. The van der Waals surface area contributed by atoms with Gasteiger partial charge in [0, 0.05) is 11.6 Å². The molecule has 4 nitrogen and oxygen atoms in total. The average molecular weight is 352 g/mol. The number of benzene rings is 2. The highest BCUT2D eigenvalue weighted by Gasteiger charge is 2.23. The second-order valence-electron chi connectivity index (χ2n) is 4.78. The first-order chi connectivity index (χ1) is 10.9. The van der Waals surface area contributed by atoms with Gasteiger partial charge in [0.25, 0.3) is 0 Å². The third-order valence-electron chi connectivity index (χ3n) is 3.37. The number of hydrogen-bond donors (Lipinski definition) is 0. The molecule has 0 N–H and O–H groups in total. The first kappa shape index (κ1) is 15.7. The largest absolute Gasteiger partial charge is 0.497 e. The van der Waals surface area contributed by atoms with Gasteiger partial charge in [0.15, 0.2) is 0 Å². The summed E-state index contributed by atoms with van der Waals surface area (Å²) in [7, 11) is -2.46. The quantitative estimate of drug-likeness (QED) is 0.718. The number of nitrogens with zero attached hydrogens (tertiary/aromatic N) is 1. The zero-order valence-electron chi connectivity index (χ0n) is 12.0. The summed E-state index contributed by atoms with van der Waals surface area (Å²) in [5.74, 6) is -0.112. The van der Waals surface area contributed by atoms with Crippen LogP contribution in [0.1, 0.15) is 0 Å². The number of pyridine rings is 1. The molecule has 3 rings (SSSR count). The maximum Gasteiger partial charge on any atom is 0.209 e. The van der Waals surface area contributed by atoms with E-state index in [0.29, 0.717) is 11.3 Å². The van der Waals surface area contributed by atoms with E-state index in [0.717, 1.165) is 6.07 Å². The summed E-state index contributed by atoms with van der Waals surface area (Å²) in [5, 5.41) is 0.188. The first-order valence-electron chi connectivity index (χ1n) is 6.56. The highest BCUT2D eigenvalue weighted by atomic mass is 35.5. The lowest BCUT2D eigenvalue weighted by atomic mass is 10.2. The number of sulfone groups is 1. The third kappa shape index (κ3) is 2.75. The molecule has 0 spiro atoms. The van der Waals surface area contributed by atoms with E-state index in [1.807, 2.05) is 0 Å². The fraction of sp³-hybridized carbons (Fsp3) is 0.0625. The molecule has 0 amide bonds. The zero-order valence-corrected chi connectivity index (χ0v) is 13.5. The maximum atomic E-state index is 13.4. The molecule has 0 atom stereocenters. The van der Waals surface area contributed by atoms with Gasteiger partial charge in [-0.2, -0.15) is 0 Å². The predicted molar refractivity (Wildman–Crippen MR) is 85.2 cm³/mol. The molecule has 2 aromatic carbocycles. The van der Waals surface area contributed by atoms with Crippen molar-refractivity contribution in [2.75, 3.05) is 7.11 Å². The van der Waals surface area contributed by atoms with Crippen LogP contribution < -0.4 is 4.74 Å². The van der Waals surface area contributed by atoms with Gasteiger partial charge in [-0.05, 0) is 36.4 Å². The SMILES string of the molecule is COc1cccc(S(=O)(=O)c2cnc3ccc(F)cc3c2Cl)c1. The summed E-state index contributed by atoms with van der Waals surface area (Å²) >= 11 is 6.20. The van der Waals surface area contributed by atoms with Crippen molar-refractivity contribution in [2.24, 2.45) is 0 Å². The van der Waals surface area contributed by atoms with Gasteiger partial charge in [-0.1, -0.05) is 17.7 Å². The molecule has 1 heterocycles. The van der Waals surface area contributed by atoms with E-state index in [2.05, 4.69) is 4.98 Å². The van der Waals surface area contributed by atoms with E-state index in [1.54, 1.807) is 12.1 Å². The minimum atomic E-state index is -3.90. The second-order valence-corrected chi connectivity index (χ2v) is 7.08. The molecule has 0 saturated heterocycles. The fourth-order valence-corrected chi connectivity index (χ4v) is 4.02. The van der Waals surface area contributed by atoms with Crippen LogP contribution in [0.2, 0.25) is 5.02 Å². The number of ether oxygens (including phenoxy) is 1. The molecule has 0 saturated carbocycles. The molecule has 23 heavy (non-hydrogen) atoms. The van der Waals surface area contributed by atoms with Gasteiger partial charge < -0.3 is 4.74 Å². The zero-order chi connectivity index (χ0) is 16.6. The molecule has 7 heteroatoms. The van der Waals surface area contributed by atoms with Gasteiger partial charge in [-0.25, -0.2) is 12.8 Å². The Morgan fingerprint density at radius 3 is 2.70 bits per heavy atom. The molecule has 0 unspecified atom stereocenters. The van der Waals surface area contributed by atoms with Crippen LogP contribution in [0, 0.1) is 5.82 Å². The Balaban J connectivity index is 2.24. The van der Waals surface area contributed by atoms with Gasteiger partial charge in [0.2, 0.25) is 9.84 Å². The van der Waals surface area contributed by atoms with Gasteiger partial charge in [-0.15, -0.1) is 0 Å². The second kappa shape index (κ2) is 5.79. The summed E-state index contributed by atoms with van der Waals surface area (Å²) in [4.78, 5) is 3.90. The smallest absolute Gasteiger partial charge is 0.209 e. The van der Waals surface area contributed by atoms with E-state index in [1.165, 1.54) is 37.6 Å². The summed E-state index contributed by atoms with van der Waals surface area (Å²) in [5.41, 5.74) is 0.418. The van der Waals surface area contributed by atoms with Crippen molar-refractivity contribution < 1.29 is 17.5 Å². The lowest BCUT2D eigenvalue weighted by Gasteiger charge is -2.09. The van der Waals surface area contributed by atoms with Gasteiger partial charge in [0.05, 0.1) is 22.5 Å². The molecular formula is C16H11ClFNO3S. The maximum absolute atomic E-state index is 13.4. The Morgan fingerprint density at radius 2 is 1.96 bits per heavy atom. The van der Waals surface area contributed by atoms with Gasteiger partial charge in [-0.3, -0.25) is 4.98 Å². The van der Waals surface area contributed by atoms with Crippen molar-refractivity contribution in [1.82, 2.24) is 4.98 Å². The van der Waals surface area contributed by atoms with E-state index >= 15 is 0 Å². The Bertz CT molecular complexity index is 1010. The van der Waals surface area contributed by atoms with E-state index in [-0.39, 0.29) is 20.2 Å². The Kier molecular flexibility index (Phi) is 3.95. The van der Waals surface area contributed by atoms with E-state index in [4.69, 9.17) is 16.3 Å². The van der Waals surface area contributed by atoms with Gasteiger partial charge >= 0.3 is 0 Å². The molecule has 0 bridgehead atoms. The van der Waals surface area contributed by atoms with Crippen LogP contribution in [0.25, 0.3) is 10.9 Å². The summed E-state index contributed by atoms with van der Waals surface area (Å²) < 4.78 is 44.0. The van der Waals surface area contributed by atoms with Crippen molar-refractivity contribution in [1.29, 1.82) is 0 Å². The number of methoxy groups -OCH3 is 1. The monoisotopic (exact) mass is 351 g/mol. The molecular weight excluding hydrogens is 341 g/mol. The van der Waals surface area contributed by atoms with Crippen LogP contribution in [0.4, 0.5) is 4.39 Å². The molecule has 1 aromatic heterocycles. The van der Waals surface area contributed by atoms with Crippen LogP contribution in [-0.2, 0) is 9.84 Å². The van der Waals surface area contributed by atoms with Crippen molar-refractivity contribution in [3.05, 3.63) is 59.5 Å².